The molecule has 0 spiro atoms. The van der Waals surface area contributed by atoms with Crippen LogP contribution in [0.1, 0.15) is 34.6 Å². The van der Waals surface area contributed by atoms with Crippen molar-refractivity contribution in [1.29, 1.82) is 0 Å². The van der Waals surface area contributed by atoms with Crippen molar-refractivity contribution in [3.8, 4) is 16.9 Å². The van der Waals surface area contributed by atoms with Gasteiger partial charge in [-0.2, -0.15) is 0 Å². The van der Waals surface area contributed by atoms with Crippen LogP contribution in [0.15, 0.2) is 55.4 Å². The average molecular weight is 520 g/mol. The third-order valence-electron chi connectivity index (χ3n) is 6.37. The molecule has 5 rings (SSSR count). The summed E-state index contributed by atoms with van der Waals surface area (Å²) in [6.45, 7) is 10.9. The number of carbonyl (C=O) groups is 1. The van der Waals surface area contributed by atoms with Crippen LogP contribution in [0.4, 0.5) is 10.6 Å². The number of fused-ring (bicyclic) bond motifs is 1. The van der Waals surface area contributed by atoms with Crippen molar-refractivity contribution in [2.24, 2.45) is 0 Å². The van der Waals surface area contributed by atoms with E-state index in [0.717, 1.165) is 33.8 Å². The molecule has 4 heterocycles. The van der Waals surface area contributed by atoms with E-state index in [1.807, 2.05) is 62.7 Å². The van der Waals surface area contributed by atoms with Crippen LogP contribution < -0.4 is 4.90 Å². The standard InChI is InChI=1S/C27H30ClN7O2/c1-17-14-34(26(36)37-27(3,4)5)18(2)13-33(17)24-23-21(22-12-29-9-10-30-22)15-35(25(23)32-16-31-24)20-8-6-7-19(28)11-20/h6-12,15-18H,13-14H2,1-5H3/t17-,18+/m0/s1. The molecule has 4 aromatic rings. The van der Waals surface area contributed by atoms with E-state index >= 15 is 0 Å². The molecular formula is C27H30ClN7O2. The molecule has 2 atom stereocenters. The van der Waals surface area contributed by atoms with E-state index in [1.165, 1.54) is 0 Å². The van der Waals surface area contributed by atoms with Crippen LogP contribution in [0, 0.1) is 0 Å². The van der Waals surface area contributed by atoms with Crippen LogP contribution in [0.5, 0.6) is 0 Å². The first-order valence-electron chi connectivity index (χ1n) is 12.3. The van der Waals surface area contributed by atoms with Crippen LogP contribution in [-0.2, 0) is 4.74 Å². The van der Waals surface area contributed by atoms with Gasteiger partial charge in [-0.25, -0.2) is 14.8 Å². The van der Waals surface area contributed by atoms with Gasteiger partial charge in [0.05, 0.1) is 17.3 Å². The van der Waals surface area contributed by atoms with Crippen LogP contribution in [-0.4, -0.2) is 66.3 Å². The zero-order valence-electron chi connectivity index (χ0n) is 21.6. The summed E-state index contributed by atoms with van der Waals surface area (Å²) in [5.41, 5.74) is 2.66. The minimum Gasteiger partial charge on any atom is -0.444 e. The Morgan fingerprint density at radius 3 is 2.59 bits per heavy atom. The maximum Gasteiger partial charge on any atom is 0.410 e. The molecule has 9 nitrogen and oxygen atoms in total. The van der Waals surface area contributed by atoms with Crippen molar-refractivity contribution in [2.45, 2.75) is 52.3 Å². The summed E-state index contributed by atoms with van der Waals surface area (Å²) in [7, 11) is 0. The molecule has 1 aliphatic rings. The fourth-order valence-electron chi connectivity index (χ4n) is 4.72. The van der Waals surface area contributed by atoms with Gasteiger partial charge in [0.15, 0.2) is 5.65 Å². The van der Waals surface area contributed by atoms with E-state index < -0.39 is 5.60 Å². The van der Waals surface area contributed by atoms with Crippen molar-refractivity contribution >= 4 is 34.5 Å². The van der Waals surface area contributed by atoms with E-state index in [1.54, 1.807) is 29.8 Å². The number of hydrogen-bond acceptors (Lipinski definition) is 7. The highest BCUT2D eigenvalue weighted by Crippen LogP contribution is 2.37. The van der Waals surface area contributed by atoms with Crippen molar-refractivity contribution < 1.29 is 9.53 Å². The molecule has 0 saturated carbocycles. The molecule has 10 heteroatoms. The second-order valence-corrected chi connectivity index (χ2v) is 10.8. The average Bonchev–Trinajstić information content (AvgIpc) is 3.25. The minimum atomic E-state index is -0.551. The second-order valence-electron chi connectivity index (χ2n) is 10.4. The summed E-state index contributed by atoms with van der Waals surface area (Å²) < 4.78 is 7.66. The zero-order valence-corrected chi connectivity index (χ0v) is 22.3. The van der Waals surface area contributed by atoms with Crippen LogP contribution >= 0.6 is 11.6 Å². The number of aromatic nitrogens is 5. The lowest BCUT2D eigenvalue weighted by atomic mass is 10.1. The molecule has 37 heavy (non-hydrogen) atoms. The summed E-state index contributed by atoms with van der Waals surface area (Å²) in [6.07, 6.45) is 8.34. The summed E-state index contributed by atoms with van der Waals surface area (Å²) >= 11 is 6.32. The molecular weight excluding hydrogens is 490 g/mol. The largest absolute Gasteiger partial charge is 0.444 e. The van der Waals surface area contributed by atoms with Gasteiger partial charge in [0.2, 0.25) is 0 Å². The van der Waals surface area contributed by atoms with Gasteiger partial charge >= 0.3 is 6.09 Å². The molecule has 0 aliphatic carbocycles. The van der Waals surface area contributed by atoms with Gasteiger partial charge < -0.3 is 19.1 Å². The molecule has 3 aromatic heterocycles. The monoisotopic (exact) mass is 519 g/mol. The van der Waals surface area contributed by atoms with Gasteiger partial charge in [-0.1, -0.05) is 17.7 Å². The maximum absolute atomic E-state index is 12.9. The number of hydrogen-bond donors (Lipinski definition) is 0. The molecule has 192 valence electrons. The summed E-state index contributed by atoms with van der Waals surface area (Å²) in [4.78, 5) is 35.2. The van der Waals surface area contributed by atoms with Crippen LogP contribution in [0.3, 0.4) is 0 Å². The van der Waals surface area contributed by atoms with E-state index in [9.17, 15) is 4.79 Å². The van der Waals surface area contributed by atoms with E-state index in [4.69, 9.17) is 21.3 Å². The number of piperazine rings is 1. The molecule has 1 saturated heterocycles. The van der Waals surface area contributed by atoms with Crippen molar-refractivity contribution in [2.75, 3.05) is 18.0 Å². The SMILES string of the molecule is C[C@@H]1CN(c2ncnc3c2c(-c2cnccn2)cn3-c2cccc(Cl)c2)[C@@H](C)CN1C(=O)OC(C)(C)C. The van der Waals surface area contributed by atoms with Gasteiger partial charge in [0, 0.05) is 60.0 Å². The quantitative estimate of drug-likeness (QED) is 0.359. The van der Waals surface area contributed by atoms with E-state index in [-0.39, 0.29) is 18.2 Å². The Bertz CT molecular complexity index is 1430. The molecule has 1 amide bonds. The Kier molecular flexibility index (Phi) is 6.49. The van der Waals surface area contributed by atoms with E-state index in [2.05, 4.69) is 26.8 Å². The molecule has 0 bridgehead atoms. The van der Waals surface area contributed by atoms with Crippen LogP contribution in [0.2, 0.25) is 5.02 Å². The predicted molar refractivity (Wildman–Crippen MR) is 144 cm³/mol. The lowest BCUT2D eigenvalue weighted by molar-refractivity contribution is 0.0130. The minimum absolute atomic E-state index is 0.00829. The number of halogens is 1. The molecule has 0 N–H and O–H groups in total. The van der Waals surface area contributed by atoms with Gasteiger partial charge in [-0.05, 0) is 52.8 Å². The lowest BCUT2D eigenvalue weighted by Crippen LogP contribution is -2.59. The van der Waals surface area contributed by atoms with Gasteiger partial charge in [-0.15, -0.1) is 0 Å². The molecule has 1 fully saturated rings. The Morgan fingerprint density at radius 2 is 1.89 bits per heavy atom. The summed E-state index contributed by atoms with van der Waals surface area (Å²) in [5, 5.41) is 1.50. The molecule has 1 aromatic carbocycles. The second kappa shape index (κ2) is 9.63. The fourth-order valence-corrected chi connectivity index (χ4v) is 4.90. The first kappa shape index (κ1) is 25.0. The first-order chi connectivity index (χ1) is 17.6. The Hall–Kier alpha value is -3.72. The number of nitrogens with zero attached hydrogens (tertiary/aromatic N) is 7. The van der Waals surface area contributed by atoms with Crippen molar-refractivity contribution in [3.05, 3.63) is 60.4 Å². The number of anilines is 1. The molecule has 0 unspecified atom stereocenters. The summed E-state index contributed by atoms with van der Waals surface area (Å²) in [5.74, 6) is 0.787. The topological polar surface area (TPSA) is 89.3 Å². The first-order valence-corrected chi connectivity index (χ1v) is 12.6. The smallest absolute Gasteiger partial charge is 0.410 e. The number of carbonyl (C=O) groups excluding carboxylic acids is 1. The number of benzene rings is 1. The number of amides is 1. The maximum atomic E-state index is 12.9. The van der Waals surface area contributed by atoms with Crippen LogP contribution in [0.25, 0.3) is 28.0 Å². The Balaban J connectivity index is 1.60. The molecule has 0 radical (unpaired) electrons. The number of rotatable bonds is 3. The lowest BCUT2D eigenvalue weighted by Gasteiger charge is -2.44. The Labute approximate surface area is 221 Å². The fraction of sp³-hybridized carbons (Fsp3) is 0.370. The highest BCUT2D eigenvalue weighted by atomic mass is 35.5. The third-order valence-corrected chi connectivity index (χ3v) is 6.61. The van der Waals surface area contributed by atoms with Crippen molar-refractivity contribution in [3.63, 3.8) is 0 Å². The highest BCUT2D eigenvalue weighted by Gasteiger charge is 2.36. The van der Waals surface area contributed by atoms with Gasteiger partial charge in [-0.3, -0.25) is 9.97 Å². The Morgan fingerprint density at radius 1 is 1.08 bits per heavy atom. The zero-order chi connectivity index (χ0) is 26.3. The highest BCUT2D eigenvalue weighted by molar-refractivity contribution is 6.30. The number of ether oxygens (including phenoxy) is 1. The normalized spacial score (nSPS) is 18.3. The van der Waals surface area contributed by atoms with E-state index in [0.29, 0.717) is 18.1 Å². The predicted octanol–water partition coefficient (Wildman–Crippen LogP) is 5.37. The third kappa shape index (κ3) is 4.96. The molecule has 1 aliphatic heterocycles. The van der Waals surface area contributed by atoms with Gasteiger partial charge in [0.1, 0.15) is 17.7 Å². The van der Waals surface area contributed by atoms with Crippen molar-refractivity contribution in [1.82, 2.24) is 29.4 Å². The summed E-state index contributed by atoms with van der Waals surface area (Å²) in [6, 6.07) is 7.55. The van der Waals surface area contributed by atoms with Gasteiger partial charge in [0.25, 0.3) is 0 Å².